The Morgan fingerprint density at radius 2 is 1.87 bits per heavy atom. The minimum atomic E-state index is -0.282. The number of imidazole rings is 1. The van der Waals surface area contributed by atoms with Crippen molar-refractivity contribution in [3.05, 3.63) is 65.2 Å². The molecule has 2 aromatic carbocycles. The molecule has 3 aromatic rings. The summed E-state index contributed by atoms with van der Waals surface area (Å²) in [6.07, 6.45) is 1.61. The summed E-state index contributed by atoms with van der Waals surface area (Å²) in [5.74, 6) is 0.920. The number of methoxy groups -OCH3 is 1. The maximum absolute atomic E-state index is 13.0. The molecule has 0 bridgehead atoms. The van der Waals surface area contributed by atoms with Gasteiger partial charge in [0, 0.05) is 30.2 Å². The van der Waals surface area contributed by atoms with Gasteiger partial charge < -0.3 is 24.7 Å². The number of aromatic amines is 1. The Bertz CT molecular complexity index is 1060. The summed E-state index contributed by atoms with van der Waals surface area (Å²) in [6, 6.07) is 14.8. The number of para-hydroxylation sites is 1. The van der Waals surface area contributed by atoms with Crippen LogP contribution in [0.1, 0.15) is 24.3 Å². The summed E-state index contributed by atoms with van der Waals surface area (Å²) < 4.78 is 13.5. The van der Waals surface area contributed by atoms with Gasteiger partial charge in [-0.25, -0.2) is 0 Å². The van der Waals surface area contributed by atoms with Crippen LogP contribution in [-0.2, 0) is 0 Å². The van der Waals surface area contributed by atoms with Crippen LogP contribution < -0.4 is 14.8 Å². The highest BCUT2D eigenvalue weighted by Crippen LogP contribution is 2.30. The monoisotopic (exact) mass is 440 g/mol. The van der Waals surface area contributed by atoms with Crippen LogP contribution in [0.15, 0.2) is 54.7 Å². The average molecular weight is 441 g/mol. The SMILES string of the molecule is CCN(CC)CCOc1cc(NC(=O)c2c[nH]c(=S)n2-c2ccccc2)ccc1OC. The summed E-state index contributed by atoms with van der Waals surface area (Å²) in [5, 5.41) is 2.92. The van der Waals surface area contributed by atoms with E-state index in [2.05, 4.69) is 29.0 Å². The molecule has 3 rings (SSSR count). The molecule has 8 heteroatoms. The molecule has 0 aliphatic carbocycles. The van der Waals surface area contributed by atoms with Gasteiger partial charge in [-0.1, -0.05) is 32.0 Å². The molecule has 0 saturated heterocycles. The van der Waals surface area contributed by atoms with Crippen LogP contribution >= 0.6 is 12.2 Å². The van der Waals surface area contributed by atoms with E-state index in [4.69, 9.17) is 21.7 Å². The smallest absolute Gasteiger partial charge is 0.274 e. The van der Waals surface area contributed by atoms with Gasteiger partial charge in [0.25, 0.3) is 5.91 Å². The zero-order valence-electron chi connectivity index (χ0n) is 18.1. The van der Waals surface area contributed by atoms with E-state index in [9.17, 15) is 4.79 Å². The van der Waals surface area contributed by atoms with Crippen molar-refractivity contribution in [2.45, 2.75) is 13.8 Å². The lowest BCUT2D eigenvalue weighted by Gasteiger charge is -2.19. The number of nitrogens with zero attached hydrogens (tertiary/aromatic N) is 2. The third-order valence-electron chi connectivity index (χ3n) is 5.00. The highest BCUT2D eigenvalue weighted by Gasteiger charge is 2.16. The number of anilines is 1. The Labute approximate surface area is 187 Å². The van der Waals surface area contributed by atoms with Crippen molar-refractivity contribution in [1.29, 1.82) is 0 Å². The number of H-pyrrole nitrogens is 1. The summed E-state index contributed by atoms with van der Waals surface area (Å²) in [4.78, 5) is 18.2. The maximum atomic E-state index is 13.0. The molecule has 0 unspecified atom stereocenters. The number of hydrogen-bond acceptors (Lipinski definition) is 5. The van der Waals surface area contributed by atoms with Gasteiger partial charge in [-0.2, -0.15) is 0 Å². The number of carbonyl (C=O) groups is 1. The van der Waals surface area contributed by atoms with Crippen molar-refractivity contribution >= 4 is 23.8 Å². The molecule has 0 fully saturated rings. The van der Waals surface area contributed by atoms with Gasteiger partial charge in [0.2, 0.25) is 0 Å². The Morgan fingerprint density at radius 1 is 1.13 bits per heavy atom. The van der Waals surface area contributed by atoms with E-state index >= 15 is 0 Å². The Morgan fingerprint density at radius 3 is 2.55 bits per heavy atom. The number of likely N-dealkylation sites (N-methyl/N-ethyl adjacent to an activating group) is 1. The zero-order valence-corrected chi connectivity index (χ0v) is 18.9. The lowest BCUT2D eigenvalue weighted by molar-refractivity contribution is 0.102. The summed E-state index contributed by atoms with van der Waals surface area (Å²) in [5.41, 5.74) is 1.83. The Hall–Kier alpha value is -3.10. The van der Waals surface area contributed by atoms with Gasteiger partial charge in [0.1, 0.15) is 12.3 Å². The lowest BCUT2D eigenvalue weighted by Crippen LogP contribution is -2.28. The summed E-state index contributed by atoms with van der Waals surface area (Å²) >= 11 is 5.37. The fraction of sp³-hybridized carbons (Fsp3) is 0.304. The van der Waals surface area contributed by atoms with Crippen LogP contribution in [0.3, 0.4) is 0 Å². The average Bonchev–Trinajstić information content (AvgIpc) is 3.19. The van der Waals surface area contributed by atoms with E-state index in [-0.39, 0.29) is 5.91 Å². The molecule has 0 atom stereocenters. The molecule has 0 spiro atoms. The van der Waals surface area contributed by atoms with Crippen LogP contribution in [0.4, 0.5) is 5.69 Å². The van der Waals surface area contributed by atoms with Gasteiger partial charge in [0.15, 0.2) is 16.3 Å². The lowest BCUT2D eigenvalue weighted by atomic mass is 10.2. The van der Waals surface area contributed by atoms with Gasteiger partial charge >= 0.3 is 0 Å². The predicted octanol–water partition coefficient (Wildman–Crippen LogP) is 4.52. The van der Waals surface area contributed by atoms with Gasteiger partial charge in [-0.3, -0.25) is 9.36 Å². The number of nitrogens with one attached hydrogen (secondary N) is 2. The van der Waals surface area contributed by atoms with E-state index in [0.717, 1.165) is 25.3 Å². The van der Waals surface area contributed by atoms with Crippen molar-refractivity contribution in [3.63, 3.8) is 0 Å². The Balaban J connectivity index is 1.77. The van der Waals surface area contributed by atoms with E-state index in [1.54, 1.807) is 36.1 Å². The maximum Gasteiger partial charge on any atom is 0.274 e. The first-order valence-corrected chi connectivity index (χ1v) is 10.7. The number of amides is 1. The van der Waals surface area contributed by atoms with Crippen molar-refractivity contribution in [2.24, 2.45) is 0 Å². The molecule has 164 valence electrons. The van der Waals surface area contributed by atoms with Crippen LogP contribution in [0.25, 0.3) is 5.69 Å². The number of rotatable bonds is 10. The topological polar surface area (TPSA) is 71.5 Å². The second-order valence-electron chi connectivity index (χ2n) is 6.85. The second kappa shape index (κ2) is 10.8. The third kappa shape index (κ3) is 5.53. The first kappa shape index (κ1) is 22.6. The van der Waals surface area contributed by atoms with Crippen LogP contribution in [-0.4, -0.2) is 53.7 Å². The molecule has 7 nitrogen and oxygen atoms in total. The number of hydrogen-bond donors (Lipinski definition) is 2. The molecular formula is C23H28N4O3S. The highest BCUT2D eigenvalue weighted by atomic mass is 32.1. The second-order valence-corrected chi connectivity index (χ2v) is 7.23. The molecular weight excluding hydrogens is 412 g/mol. The first-order chi connectivity index (χ1) is 15.1. The van der Waals surface area contributed by atoms with Crippen molar-refractivity contribution in [3.8, 4) is 17.2 Å². The third-order valence-corrected chi connectivity index (χ3v) is 5.30. The van der Waals surface area contributed by atoms with E-state index in [1.807, 2.05) is 30.3 Å². The van der Waals surface area contributed by atoms with Crippen LogP contribution in [0.2, 0.25) is 0 Å². The molecule has 1 amide bonds. The molecule has 2 N–H and O–H groups in total. The van der Waals surface area contributed by atoms with Crippen LogP contribution in [0, 0.1) is 4.77 Å². The standard InChI is InChI=1S/C23H28N4O3S/c1-4-26(5-2)13-14-30-21-15-17(11-12-20(21)29-3)25-22(28)19-16-24-23(31)27(19)18-9-7-6-8-10-18/h6-12,15-16H,4-5,13-14H2,1-3H3,(H,24,31)(H,25,28). The molecule has 1 aromatic heterocycles. The number of carbonyl (C=O) groups excluding carboxylic acids is 1. The van der Waals surface area contributed by atoms with Gasteiger partial charge in [-0.05, 0) is 49.6 Å². The number of aromatic nitrogens is 2. The minimum Gasteiger partial charge on any atom is -0.493 e. The number of benzene rings is 2. The van der Waals surface area contributed by atoms with E-state index in [0.29, 0.717) is 34.3 Å². The molecule has 1 heterocycles. The van der Waals surface area contributed by atoms with E-state index in [1.165, 1.54) is 0 Å². The van der Waals surface area contributed by atoms with E-state index < -0.39 is 0 Å². The Kier molecular flexibility index (Phi) is 7.86. The predicted molar refractivity (Wildman–Crippen MR) is 125 cm³/mol. The fourth-order valence-electron chi connectivity index (χ4n) is 3.26. The quantitative estimate of drug-likeness (QED) is 0.454. The molecule has 0 aliphatic heterocycles. The highest BCUT2D eigenvalue weighted by molar-refractivity contribution is 7.71. The van der Waals surface area contributed by atoms with Crippen molar-refractivity contribution < 1.29 is 14.3 Å². The zero-order chi connectivity index (χ0) is 22.2. The number of ether oxygens (including phenoxy) is 2. The molecule has 0 radical (unpaired) electrons. The summed E-state index contributed by atoms with van der Waals surface area (Å²) in [6.45, 7) is 7.52. The molecule has 0 saturated carbocycles. The van der Waals surface area contributed by atoms with Gasteiger partial charge in [-0.15, -0.1) is 0 Å². The van der Waals surface area contributed by atoms with Crippen LogP contribution in [0.5, 0.6) is 11.5 Å². The first-order valence-electron chi connectivity index (χ1n) is 10.3. The fourth-order valence-corrected chi connectivity index (χ4v) is 3.52. The summed E-state index contributed by atoms with van der Waals surface area (Å²) in [7, 11) is 1.60. The largest absolute Gasteiger partial charge is 0.493 e. The minimum absolute atomic E-state index is 0.282. The molecule has 31 heavy (non-hydrogen) atoms. The van der Waals surface area contributed by atoms with Crippen molar-refractivity contribution in [1.82, 2.24) is 14.5 Å². The van der Waals surface area contributed by atoms with Crippen molar-refractivity contribution in [2.75, 3.05) is 38.7 Å². The normalized spacial score (nSPS) is 10.8. The molecule has 0 aliphatic rings. The van der Waals surface area contributed by atoms with Gasteiger partial charge in [0.05, 0.1) is 7.11 Å².